The molecular formula is C23H18ClN7. The van der Waals surface area contributed by atoms with Crippen LogP contribution in [0.5, 0.6) is 0 Å². The van der Waals surface area contributed by atoms with E-state index in [2.05, 4.69) is 20.5 Å². The summed E-state index contributed by atoms with van der Waals surface area (Å²) in [5.74, 6) is 0.823. The molecule has 0 aliphatic rings. The Bertz CT molecular complexity index is 1350. The van der Waals surface area contributed by atoms with Gasteiger partial charge in [-0.05, 0) is 23.8 Å². The van der Waals surface area contributed by atoms with Gasteiger partial charge in [-0.1, -0.05) is 48.0 Å². The third-order valence-corrected chi connectivity index (χ3v) is 5.23. The third kappa shape index (κ3) is 3.78. The van der Waals surface area contributed by atoms with Gasteiger partial charge in [-0.15, -0.1) is 0 Å². The zero-order chi connectivity index (χ0) is 21.2. The Morgan fingerprint density at radius 2 is 1.77 bits per heavy atom. The number of nitrogens with one attached hydrogen (secondary N) is 2. The molecule has 0 radical (unpaired) electrons. The molecule has 31 heavy (non-hydrogen) atoms. The molecule has 0 saturated heterocycles. The maximum absolute atomic E-state index is 6.50. The molecule has 3 aromatic heterocycles. The summed E-state index contributed by atoms with van der Waals surface area (Å²) in [4.78, 5) is 13.7. The fourth-order valence-electron chi connectivity index (χ4n) is 3.42. The normalized spacial score (nSPS) is 11.0. The van der Waals surface area contributed by atoms with Gasteiger partial charge in [0, 0.05) is 35.5 Å². The van der Waals surface area contributed by atoms with Crippen LogP contribution in [0.3, 0.4) is 0 Å². The van der Waals surface area contributed by atoms with E-state index in [0.717, 1.165) is 27.6 Å². The van der Waals surface area contributed by atoms with Gasteiger partial charge in [0.05, 0.1) is 28.1 Å². The predicted octanol–water partition coefficient (Wildman–Crippen LogP) is 4.93. The summed E-state index contributed by atoms with van der Waals surface area (Å²) in [5.41, 5.74) is 11.2. The summed E-state index contributed by atoms with van der Waals surface area (Å²) in [6, 6.07) is 17.5. The molecule has 0 aliphatic carbocycles. The highest BCUT2D eigenvalue weighted by Gasteiger charge is 2.17. The number of aromatic amines is 1. The Morgan fingerprint density at radius 3 is 2.58 bits per heavy atom. The van der Waals surface area contributed by atoms with Crippen LogP contribution < -0.4 is 11.1 Å². The zero-order valence-electron chi connectivity index (χ0n) is 16.4. The first-order valence-electron chi connectivity index (χ1n) is 9.68. The van der Waals surface area contributed by atoms with Gasteiger partial charge in [-0.25, -0.2) is 9.97 Å². The lowest BCUT2D eigenvalue weighted by atomic mass is 10.0. The topological polar surface area (TPSA) is 105 Å². The van der Waals surface area contributed by atoms with Gasteiger partial charge < -0.3 is 11.1 Å². The van der Waals surface area contributed by atoms with Crippen LogP contribution in [0.1, 0.15) is 5.56 Å². The van der Waals surface area contributed by atoms with Gasteiger partial charge in [0.2, 0.25) is 0 Å². The van der Waals surface area contributed by atoms with Crippen molar-refractivity contribution in [3.63, 3.8) is 0 Å². The van der Waals surface area contributed by atoms with E-state index in [4.69, 9.17) is 27.3 Å². The van der Waals surface area contributed by atoms with E-state index in [1.807, 2.05) is 54.6 Å². The van der Waals surface area contributed by atoms with Crippen LogP contribution in [0.4, 0.5) is 11.6 Å². The minimum absolute atomic E-state index is 0.321. The first-order chi connectivity index (χ1) is 15.2. The Kier molecular flexibility index (Phi) is 4.93. The van der Waals surface area contributed by atoms with E-state index >= 15 is 0 Å². The number of fused-ring (bicyclic) bond motifs is 1. The smallest absolute Gasteiger partial charge is 0.169 e. The largest absolute Gasteiger partial charge is 0.381 e. The van der Waals surface area contributed by atoms with E-state index in [-0.39, 0.29) is 0 Å². The van der Waals surface area contributed by atoms with Crippen molar-refractivity contribution in [2.45, 2.75) is 6.54 Å². The molecule has 0 fully saturated rings. The maximum Gasteiger partial charge on any atom is 0.169 e. The SMILES string of the molecule is Nc1nc(-c2ccccc2)c(-c2cc(Cl)c3[nH]ncc3c2)nc1NCc1cccnc1. The van der Waals surface area contributed by atoms with Crippen LogP contribution in [0.15, 0.2) is 73.2 Å². The molecule has 0 aliphatic heterocycles. The lowest BCUT2D eigenvalue weighted by molar-refractivity contribution is 1.08. The van der Waals surface area contributed by atoms with E-state index in [9.17, 15) is 0 Å². The third-order valence-electron chi connectivity index (χ3n) is 4.93. The molecule has 7 nitrogen and oxygen atoms in total. The van der Waals surface area contributed by atoms with Crippen molar-refractivity contribution < 1.29 is 0 Å². The number of hydrogen-bond donors (Lipinski definition) is 3. The number of aromatic nitrogens is 5. The fourth-order valence-corrected chi connectivity index (χ4v) is 3.69. The highest BCUT2D eigenvalue weighted by atomic mass is 35.5. The number of benzene rings is 2. The van der Waals surface area contributed by atoms with Crippen molar-refractivity contribution in [2.75, 3.05) is 11.1 Å². The monoisotopic (exact) mass is 427 g/mol. The number of H-pyrrole nitrogens is 1. The van der Waals surface area contributed by atoms with Crippen LogP contribution in [0.25, 0.3) is 33.4 Å². The highest BCUT2D eigenvalue weighted by Crippen LogP contribution is 2.35. The van der Waals surface area contributed by atoms with Crippen LogP contribution in [0.2, 0.25) is 5.02 Å². The molecule has 2 aromatic carbocycles. The van der Waals surface area contributed by atoms with Crippen molar-refractivity contribution in [1.82, 2.24) is 25.1 Å². The molecule has 0 atom stereocenters. The summed E-state index contributed by atoms with van der Waals surface area (Å²) < 4.78 is 0. The minimum Gasteiger partial charge on any atom is -0.381 e. The Hall–Kier alpha value is -3.97. The Morgan fingerprint density at radius 1 is 0.935 bits per heavy atom. The molecule has 0 saturated carbocycles. The molecule has 0 bridgehead atoms. The standard InChI is InChI=1S/C23H18ClN7/c24-18-10-16(9-17-13-28-31-19(17)18)21-20(15-6-2-1-3-7-15)29-22(25)23(30-21)27-12-14-5-4-8-26-11-14/h1-11,13H,12H2,(H2,25,29)(H,27,30)(H,28,31). The number of nitrogen functional groups attached to an aromatic ring is 1. The molecule has 0 unspecified atom stereocenters. The van der Waals surface area contributed by atoms with Gasteiger partial charge in [0.1, 0.15) is 0 Å². The Balaban J connectivity index is 1.64. The predicted molar refractivity (Wildman–Crippen MR) is 124 cm³/mol. The number of pyridine rings is 1. The zero-order valence-corrected chi connectivity index (χ0v) is 17.1. The van der Waals surface area contributed by atoms with Crippen molar-refractivity contribution in [3.8, 4) is 22.5 Å². The first-order valence-corrected chi connectivity index (χ1v) is 10.1. The van der Waals surface area contributed by atoms with E-state index in [1.54, 1.807) is 18.6 Å². The lowest BCUT2D eigenvalue weighted by Gasteiger charge is -2.14. The minimum atomic E-state index is 0.321. The van der Waals surface area contributed by atoms with Crippen LogP contribution in [-0.4, -0.2) is 25.1 Å². The average Bonchev–Trinajstić information content (AvgIpc) is 3.29. The molecule has 152 valence electrons. The number of nitrogens with zero attached hydrogens (tertiary/aromatic N) is 4. The number of halogens is 1. The van der Waals surface area contributed by atoms with Crippen LogP contribution >= 0.6 is 11.6 Å². The molecule has 3 heterocycles. The molecule has 4 N–H and O–H groups in total. The van der Waals surface area contributed by atoms with Crippen LogP contribution in [0, 0.1) is 0 Å². The van der Waals surface area contributed by atoms with Crippen molar-refractivity contribution in [2.24, 2.45) is 0 Å². The quantitative estimate of drug-likeness (QED) is 0.367. The molecule has 0 spiro atoms. The van der Waals surface area contributed by atoms with E-state index in [1.165, 1.54) is 0 Å². The number of hydrogen-bond acceptors (Lipinski definition) is 6. The molecule has 5 aromatic rings. The Labute approximate surface area is 183 Å². The van der Waals surface area contributed by atoms with Gasteiger partial charge >= 0.3 is 0 Å². The summed E-state index contributed by atoms with van der Waals surface area (Å²) in [5, 5.41) is 11.7. The van der Waals surface area contributed by atoms with E-state index in [0.29, 0.717) is 34.6 Å². The second-order valence-corrected chi connectivity index (χ2v) is 7.44. The number of nitrogens with two attached hydrogens (primary N) is 1. The molecule has 0 amide bonds. The van der Waals surface area contributed by atoms with Crippen molar-refractivity contribution in [3.05, 3.63) is 83.8 Å². The van der Waals surface area contributed by atoms with Crippen molar-refractivity contribution in [1.29, 1.82) is 0 Å². The molecular weight excluding hydrogens is 410 g/mol. The number of anilines is 2. The summed E-state index contributed by atoms with van der Waals surface area (Å²) in [6.07, 6.45) is 5.27. The van der Waals surface area contributed by atoms with Crippen LogP contribution in [-0.2, 0) is 6.54 Å². The average molecular weight is 428 g/mol. The second kappa shape index (κ2) is 8.04. The van der Waals surface area contributed by atoms with Gasteiger partial charge in [-0.2, -0.15) is 5.10 Å². The first kappa shape index (κ1) is 19.0. The summed E-state index contributed by atoms with van der Waals surface area (Å²) in [7, 11) is 0. The molecule has 5 rings (SSSR count). The van der Waals surface area contributed by atoms with Gasteiger partial charge in [0.15, 0.2) is 11.6 Å². The molecule has 8 heteroatoms. The highest BCUT2D eigenvalue weighted by molar-refractivity contribution is 6.35. The summed E-state index contributed by atoms with van der Waals surface area (Å²) >= 11 is 6.50. The number of rotatable bonds is 5. The second-order valence-electron chi connectivity index (χ2n) is 7.03. The van der Waals surface area contributed by atoms with Crippen molar-refractivity contribution >= 4 is 34.1 Å². The van der Waals surface area contributed by atoms with E-state index < -0.39 is 0 Å². The lowest BCUT2D eigenvalue weighted by Crippen LogP contribution is -2.08. The summed E-state index contributed by atoms with van der Waals surface area (Å²) in [6.45, 7) is 0.526. The van der Waals surface area contributed by atoms with Gasteiger partial charge in [0.25, 0.3) is 0 Å². The maximum atomic E-state index is 6.50. The fraction of sp³-hybridized carbons (Fsp3) is 0.0435. The van der Waals surface area contributed by atoms with Gasteiger partial charge in [-0.3, -0.25) is 10.1 Å².